The molecule has 0 bridgehead atoms. The van der Waals surface area contributed by atoms with E-state index >= 15 is 0 Å². The van der Waals surface area contributed by atoms with Crippen molar-refractivity contribution in [3.05, 3.63) is 84.9 Å². The highest BCUT2D eigenvalue weighted by Gasteiger charge is 2.09. The van der Waals surface area contributed by atoms with Gasteiger partial charge in [-0.2, -0.15) is 0 Å². The Morgan fingerprint density at radius 2 is 0.808 bits per heavy atom. The zero-order valence-electron chi connectivity index (χ0n) is 13.9. The third kappa shape index (κ3) is 2.06. The molecule has 0 N–H and O–H groups in total. The van der Waals surface area contributed by atoms with Gasteiger partial charge in [-0.05, 0) is 35.4 Å². The van der Waals surface area contributed by atoms with Crippen LogP contribution in [0.1, 0.15) is 0 Å². The zero-order chi connectivity index (χ0) is 17.1. The van der Waals surface area contributed by atoms with Crippen LogP contribution in [0, 0.1) is 0 Å². The molecule has 6 aromatic rings. The first-order valence-electron chi connectivity index (χ1n) is 8.70. The SMILES string of the molecule is c1ccc2c(c1)sc1cc(-c3ccc4c(c3)sc3ccccc34)ccc12. The fraction of sp³-hybridized carbons (Fsp3) is 0. The van der Waals surface area contributed by atoms with Crippen molar-refractivity contribution in [2.75, 3.05) is 0 Å². The average Bonchev–Trinajstić information content (AvgIpc) is 3.24. The molecular formula is C24H14S2. The quantitative estimate of drug-likeness (QED) is 0.276. The maximum Gasteiger partial charge on any atom is 0.0361 e. The highest BCUT2D eigenvalue weighted by Crippen LogP contribution is 2.39. The maximum atomic E-state index is 2.34. The summed E-state index contributed by atoms with van der Waals surface area (Å²) >= 11 is 3.76. The monoisotopic (exact) mass is 366 g/mol. The van der Waals surface area contributed by atoms with E-state index in [0.29, 0.717) is 0 Å². The molecule has 122 valence electrons. The molecule has 2 heteroatoms. The Bertz CT molecular complexity index is 1320. The van der Waals surface area contributed by atoms with Gasteiger partial charge in [0.2, 0.25) is 0 Å². The molecule has 0 unspecified atom stereocenters. The number of hydrogen-bond acceptors (Lipinski definition) is 2. The topological polar surface area (TPSA) is 0 Å². The van der Waals surface area contributed by atoms with Gasteiger partial charge in [0.25, 0.3) is 0 Å². The number of rotatable bonds is 1. The lowest BCUT2D eigenvalue weighted by Crippen LogP contribution is -1.77. The van der Waals surface area contributed by atoms with Crippen LogP contribution in [-0.4, -0.2) is 0 Å². The zero-order valence-corrected chi connectivity index (χ0v) is 15.5. The van der Waals surface area contributed by atoms with Crippen LogP contribution in [0.5, 0.6) is 0 Å². The molecule has 0 saturated carbocycles. The van der Waals surface area contributed by atoms with Gasteiger partial charge in [-0.15, -0.1) is 22.7 Å². The molecule has 0 saturated heterocycles. The first-order chi connectivity index (χ1) is 12.9. The largest absolute Gasteiger partial charge is 0.135 e. The van der Waals surface area contributed by atoms with Gasteiger partial charge in [-0.1, -0.05) is 60.7 Å². The summed E-state index contributed by atoms with van der Waals surface area (Å²) in [5.74, 6) is 0. The van der Waals surface area contributed by atoms with Crippen molar-refractivity contribution in [1.29, 1.82) is 0 Å². The Balaban J connectivity index is 1.57. The van der Waals surface area contributed by atoms with Crippen molar-refractivity contribution < 1.29 is 0 Å². The summed E-state index contributed by atoms with van der Waals surface area (Å²) in [7, 11) is 0. The van der Waals surface area contributed by atoms with E-state index in [1.807, 2.05) is 22.7 Å². The van der Waals surface area contributed by atoms with Gasteiger partial charge in [0.1, 0.15) is 0 Å². The molecule has 0 amide bonds. The van der Waals surface area contributed by atoms with Crippen LogP contribution < -0.4 is 0 Å². The van der Waals surface area contributed by atoms with Crippen molar-refractivity contribution >= 4 is 63.0 Å². The summed E-state index contributed by atoms with van der Waals surface area (Å²) in [6, 6.07) is 31.1. The van der Waals surface area contributed by atoms with Gasteiger partial charge in [0.15, 0.2) is 0 Å². The predicted molar refractivity (Wildman–Crippen MR) is 118 cm³/mol. The molecule has 0 nitrogen and oxygen atoms in total. The summed E-state index contributed by atoms with van der Waals surface area (Å²) in [5, 5.41) is 5.44. The second kappa shape index (κ2) is 5.41. The van der Waals surface area contributed by atoms with Gasteiger partial charge in [0.05, 0.1) is 0 Å². The Labute approximate surface area is 158 Å². The molecule has 0 aliphatic heterocycles. The van der Waals surface area contributed by atoms with Crippen LogP contribution in [0.15, 0.2) is 84.9 Å². The predicted octanol–water partition coefficient (Wildman–Crippen LogP) is 8.09. The standard InChI is InChI=1S/C24H14S2/c1-3-7-21-17(5-1)19-11-9-15(13-23(19)25-21)16-10-12-20-18-6-2-4-8-22(18)26-24(20)14-16/h1-14H. The van der Waals surface area contributed by atoms with Crippen molar-refractivity contribution in [2.45, 2.75) is 0 Å². The molecule has 0 radical (unpaired) electrons. The Morgan fingerprint density at radius 3 is 1.31 bits per heavy atom. The summed E-state index contributed by atoms with van der Waals surface area (Å²) in [4.78, 5) is 0. The van der Waals surface area contributed by atoms with E-state index in [1.54, 1.807) is 0 Å². The molecule has 26 heavy (non-hydrogen) atoms. The van der Waals surface area contributed by atoms with E-state index < -0.39 is 0 Å². The van der Waals surface area contributed by atoms with Gasteiger partial charge in [-0.3, -0.25) is 0 Å². The molecule has 0 spiro atoms. The third-order valence-corrected chi connectivity index (χ3v) is 7.36. The van der Waals surface area contributed by atoms with Crippen LogP contribution in [0.4, 0.5) is 0 Å². The van der Waals surface area contributed by atoms with Crippen molar-refractivity contribution in [2.24, 2.45) is 0 Å². The fourth-order valence-corrected chi connectivity index (χ4v) is 6.10. The Hall–Kier alpha value is -2.68. The van der Waals surface area contributed by atoms with E-state index in [9.17, 15) is 0 Å². The molecule has 2 heterocycles. The second-order valence-electron chi connectivity index (χ2n) is 6.62. The number of thiophene rings is 2. The first-order valence-corrected chi connectivity index (χ1v) is 10.3. The smallest absolute Gasteiger partial charge is 0.0361 e. The number of hydrogen-bond donors (Lipinski definition) is 0. The minimum Gasteiger partial charge on any atom is -0.135 e. The van der Waals surface area contributed by atoms with Crippen LogP contribution in [0.2, 0.25) is 0 Å². The minimum atomic E-state index is 1.29. The lowest BCUT2D eigenvalue weighted by molar-refractivity contribution is 1.73. The highest BCUT2D eigenvalue weighted by molar-refractivity contribution is 7.26. The van der Waals surface area contributed by atoms with Gasteiger partial charge >= 0.3 is 0 Å². The van der Waals surface area contributed by atoms with Gasteiger partial charge in [-0.25, -0.2) is 0 Å². The van der Waals surface area contributed by atoms with E-state index in [1.165, 1.54) is 51.5 Å². The second-order valence-corrected chi connectivity index (χ2v) is 8.79. The molecule has 0 aliphatic carbocycles. The fourth-order valence-electron chi connectivity index (χ4n) is 3.81. The van der Waals surface area contributed by atoms with Crippen LogP contribution >= 0.6 is 22.7 Å². The van der Waals surface area contributed by atoms with Crippen molar-refractivity contribution in [3.63, 3.8) is 0 Å². The van der Waals surface area contributed by atoms with E-state index in [0.717, 1.165) is 0 Å². The lowest BCUT2D eigenvalue weighted by Gasteiger charge is -2.03. The molecule has 0 atom stereocenters. The summed E-state index contributed by atoms with van der Waals surface area (Å²) in [5.41, 5.74) is 2.59. The molecule has 0 fully saturated rings. The summed E-state index contributed by atoms with van der Waals surface area (Å²) < 4.78 is 5.44. The molecule has 2 aromatic heterocycles. The molecule has 6 rings (SSSR count). The third-order valence-electron chi connectivity index (χ3n) is 5.09. The van der Waals surface area contributed by atoms with E-state index in [2.05, 4.69) is 84.9 Å². The Morgan fingerprint density at radius 1 is 0.385 bits per heavy atom. The van der Waals surface area contributed by atoms with Crippen LogP contribution in [-0.2, 0) is 0 Å². The average molecular weight is 367 g/mol. The maximum absolute atomic E-state index is 2.34. The van der Waals surface area contributed by atoms with Crippen molar-refractivity contribution in [3.8, 4) is 11.1 Å². The normalized spacial score (nSPS) is 11.8. The summed E-state index contributed by atoms with van der Waals surface area (Å²) in [6.07, 6.45) is 0. The summed E-state index contributed by atoms with van der Waals surface area (Å²) in [6.45, 7) is 0. The minimum absolute atomic E-state index is 1.29. The first kappa shape index (κ1) is 14.5. The van der Waals surface area contributed by atoms with Gasteiger partial charge < -0.3 is 0 Å². The molecular weight excluding hydrogens is 352 g/mol. The Kier molecular flexibility index (Phi) is 3.01. The van der Waals surface area contributed by atoms with Gasteiger partial charge in [0, 0.05) is 40.3 Å². The van der Waals surface area contributed by atoms with Crippen LogP contribution in [0.25, 0.3) is 51.5 Å². The van der Waals surface area contributed by atoms with Crippen LogP contribution in [0.3, 0.4) is 0 Å². The van der Waals surface area contributed by atoms with E-state index in [-0.39, 0.29) is 0 Å². The molecule has 0 aliphatic rings. The van der Waals surface area contributed by atoms with E-state index in [4.69, 9.17) is 0 Å². The lowest BCUT2D eigenvalue weighted by atomic mass is 10.0. The highest BCUT2D eigenvalue weighted by atomic mass is 32.1. The number of benzene rings is 4. The molecule has 4 aromatic carbocycles. The number of fused-ring (bicyclic) bond motifs is 6. The van der Waals surface area contributed by atoms with Crippen molar-refractivity contribution in [1.82, 2.24) is 0 Å².